The summed E-state index contributed by atoms with van der Waals surface area (Å²) < 4.78 is 27.3. The van der Waals surface area contributed by atoms with Crippen molar-refractivity contribution < 1.29 is 12.6 Å². The summed E-state index contributed by atoms with van der Waals surface area (Å²) in [6.07, 6.45) is 2.90. The molecular weight excluding hydrogens is 297 g/mol. The molecule has 2 atom stereocenters. The van der Waals surface area contributed by atoms with Crippen LogP contribution in [0, 0.1) is 0 Å². The summed E-state index contributed by atoms with van der Waals surface area (Å²) >= 11 is 16.2. The minimum Gasteiger partial charge on any atom is -0.253 e. The monoisotopic (exact) mass is 309 g/mol. The molecule has 8 heteroatoms. The summed E-state index contributed by atoms with van der Waals surface area (Å²) in [5.41, 5.74) is 0. The molecule has 0 saturated carbocycles. The van der Waals surface area contributed by atoms with E-state index in [0.717, 1.165) is 19.3 Å². The Hall–Kier alpha value is 0.740. The van der Waals surface area contributed by atoms with Crippen molar-refractivity contribution in [3.8, 4) is 0 Å². The zero-order chi connectivity index (χ0) is 12.4. The Morgan fingerprint density at radius 3 is 2.56 bits per heavy atom. The van der Waals surface area contributed by atoms with Gasteiger partial charge in [0.2, 0.25) is 3.79 Å². The van der Waals surface area contributed by atoms with Crippen LogP contribution in [0.25, 0.3) is 0 Å². The highest BCUT2D eigenvalue weighted by Gasteiger charge is 2.44. The SMILES string of the molecule is CCCCC1CN1S(=O)(=O)OCC(Cl)(Cl)Cl. The summed E-state index contributed by atoms with van der Waals surface area (Å²) in [4.78, 5) is 0. The number of halogens is 3. The van der Waals surface area contributed by atoms with E-state index in [4.69, 9.17) is 34.8 Å². The van der Waals surface area contributed by atoms with Gasteiger partial charge < -0.3 is 0 Å². The van der Waals surface area contributed by atoms with Crippen LogP contribution in [0.2, 0.25) is 0 Å². The van der Waals surface area contributed by atoms with E-state index in [0.29, 0.717) is 6.54 Å². The predicted octanol–water partition coefficient (Wildman–Crippen LogP) is 2.49. The molecule has 16 heavy (non-hydrogen) atoms. The fraction of sp³-hybridized carbons (Fsp3) is 1.00. The van der Waals surface area contributed by atoms with Crippen molar-refractivity contribution in [1.82, 2.24) is 4.31 Å². The lowest BCUT2D eigenvalue weighted by atomic mass is 10.2. The van der Waals surface area contributed by atoms with Gasteiger partial charge in [0, 0.05) is 12.6 Å². The number of unbranched alkanes of at least 4 members (excludes halogenated alkanes) is 1. The second kappa shape index (κ2) is 5.59. The van der Waals surface area contributed by atoms with Crippen LogP contribution in [-0.2, 0) is 14.5 Å². The zero-order valence-corrected chi connectivity index (χ0v) is 11.9. The van der Waals surface area contributed by atoms with Crippen molar-refractivity contribution in [3.05, 3.63) is 0 Å². The Balaban J connectivity index is 2.37. The second-order valence-electron chi connectivity index (χ2n) is 3.70. The van der Waals surface area contributed by atoms with Crippen LogP contribution in [0.1, 0.15) is 26.2 Å². The average Bonchev–Trinajstić information content (AvgIpc) is 2.90. The van der Waals surface area contributed by atoms with Gasteiger partial charge in [-0.15, -0.1) is 0 Å². The first-order valence-electron chi connectivity index (χ1n) is 4.99. The van der Waals surface area contributed by atoms with Crippen molar-refractivity contribution >= 4 is 45.1 Å². The fourth-order valence-corrected chi connectivity index (χ4v) is 2.96. The summed E-state index contributed by atoms with van der Waals surface area (Å²) in [6.45, 7) is 2.10. The third-order valence-electron chi connectivity index (χ3n) is 2.21. The van der Waals surface area contributed by atoms with Gasteiger partial charge in [0.05, 0.1) is 0 Å². The van der Waals surface area contributed by atoms with Crippen LogP contribution in [0.4, 0.5) is 0 Å². The second-order valence-corrected chi connectivity index (χ2v) is 7.78. The topological polar surface area (TPSA) is 46.4 Å². The van der Waals surface area contributed by atoms with Crippen molar-refractivity contribution in [2.75, 3.05) is 13.2 Å². The van der Waals surface area contributed by atoms with Crippen LogP contribution >= 0.6 is 34.8 Å². The average molecular weight is 311 g/mol. The van der Waals surface area contributed by atoms with Crippen LogP contribution in [0.15, 0.2) is 0 Å². The highest BCUT2D eigenvalue weighted by Crippen LogP contribution is 2.31. The van der Waals surface area contributed by atoms with E-state index in [1.807, 2.05) is 0 Å². The minimum absolute atomic E-state index is 0.0559. The molecule has 0 aliphatic carbocycles. The van der Waals surface area contributed by atoms with Gasteiger partial charge in [-0.05, 0) is 6.42 Å². The summed E-state index contributed by atoms with van der Waals surface area (Å²) in [7, 11) is -3.72. The predicted molar refractivity (Wildman–Crippen MR) is 65.2 cm³/mol. The highest BCUT2D eigenvalue weighted by atomic mass is 35.6. The first kappa shape index (κ1) is 14.8. The molecule has 0 aromatic rings. The van der Waals surface area contributed by atoms with Crippen LogP contribution < -0.4 is 0 Å². The number of alkyl halides is 3. The third-order valence-corrected chi connectivity index (χ3v) is 3.98. The van der Waals surface area contributed by atoms with Crippen molar-refractivity contribution in [2.45, 2.75) is 36.0 Å². The van der Waals surface area contributed by atoms with Gasteiger partial charge in [-0.3, -0.25) is 4.18 Å². The van der Waals surface area contributed by atoms with Gasteiger partial charge in [0.25, 0.3) is 0 Å². The van der Waals surface area contributed by atoms with Crippen molar-refractivity contribution in [3.63, 3.8) is 0 Å². The fourth-order valence-electron chi connectivity index (χ4n) is 1.32. The standard InChI is InChI=1S/C8H14Cl3NO3S/c1-2-3-4-7-5-12(7)16(13,14)15-6-8(9,10)11/h7H,2-6H2,1H3. The first-order chi connectivity index (χ1) is 7.26. The smallest absolute Gasteiger partial charge is 0.253 e. The Bertz CT molecular complexity index is 328. The summed E-state index contributed by atoms with van der Waals surface area (Å²) in [5.74, 6) is 0. The molecule has 0 amide bonds. The lowest BCUT2D eigenvalue weighted by molar-refractivity contribution is 0.304. The van der Waals surface area contributed by atoms with E-state index >= 15 is 0 Å². The Kier molecular flexibility index (Phi) is 5.17. The van der Waals surface area contributed by atoms with E-state index in [9.17, 15) is 8.42 Å². The quantitative estimate of drug-likeness (QED) is 0.559. The van der Waals surface area contributed by atoms with Crippen molar-refractivity contribution in [2.24, 2.45) is 0 Å². The first-order valence-corrected chi connectivity index (χ1v) is 7.49. The van der Waals surface area contributed by atoms with Gasteiger partial charge >= 0.3 is 10.3 Å². The normalized spacial score (nSPS) is 25.8. The van der Waals surface area contributed by atoms with Crippen LogP contribution in [0.5, 0.6) is 0 Å². The molecule has 0 N–H and O–H groups in total. The molecule has 1 rings (SSSR count). The van der Waals surface area contributed by atoms with E-state index in [1.54, 1.807) is 0 Å². The van der Waals surface area contributed by atoms with Gasteiger partial charge in [-0.25, -0.2) is 0 Å². The minimum atomic E-state index is -3.72. The molecule has 2 unspecified atom stereocenters. The van der Waals surface area contributed by atoms with Gasteiger partial charge in [-0.2, -0.15) is 12.7 Å². The molecular formula is C8H14Cl3NO3S. The Morgan fingerprint density at radius 1 is 1.44 bits per heavy atom. The van der Waals surface area contributed by atoms with E-state index in [2.05, 4.69) is 11.1 Å². The van der Waals surface area contributed by atoms with Gasteiger partial charge in [0.1, 0.15) is 6.61 Å². The number of nitrogens with zero attached hydrogens (tertiary/aromatic N) is 1. The lowest BCUT2D eigenvalue weighted by Crippen LogP contribution is -2.23. The maximum absolute atomic E-state index is 11.5. The van der Waals surface area contributed by atoms with Gasteiger partial charge in [-0.1, -0.05) is 54.6 Å². The number of hydrogen-bond donors (Lipinski definition) is 0. The molecule has 1 aliphatic heterocycles. The van der Waals surface area contributed by atoms with Crippen LogP contribution in [0.3, 0.4) is 0 Å². The molecule has 1 fully saturated rings. The molecule has 4 nitrogen and oxygen atoms in total. The molecule has 1 aliphatic rings. The lowest BCUT2D eigenvalue weighted by Gasteiger charge is -2.11. The van der Waals surface area contributed by atoms with Gasteiger partial charge in [0.15, 0.2) is 0 Å². The van der Waals surface area contributed by atoms with Crippen molar-refractivity contribution in [1.29, 1.82) is 0 Å². The maximum Gasteiger partial charge on any atom is 0.338 e. The zero-order valence-electron chi connectivity index (χ0n) is 8.83. The molecule has 0 aromatic carbocycles. The summed E-state index contributed by atoms with van der Waals surface area (Å²) in [5, 5.41) is 0. The Labute approximate surface area is 111 Å². The summed E-state index contributed by atoms with van der Waals surface area (Å²) in [6, 6.07) is 0.0559. The third kappa shape index (κ3) is 4.94. The molecule has 1 heterocycles. The van der Waals surface area contributed by atoms with E-state index in [-0.39, 0.29) is 6.04 Å². The maximum atomic E-state index is 11.5. The van der Waals surface area contributed by atoms with E-state index < -0.39 is 20.7 Å². The largest absolute Gasteiger partial charge is 0.338 e. The van der Waals surface area contributed by atoms with E-state index in [1.165, 1.54) is 4.31 Å². The molecule has 0 radical (unpaired) electrons. The molecule has 1 saturated heterocycles. The molecule has 96 valence electrons. The highest BCUT2D eigenvalue weighted by molar-refractivity contribution is 7.84. The molecule has 0 spiro atoms. The molecule has 0 bridgehead atoms. The number of hydrogen-bond acceptors (Lipinski definition) is 3. The van der Waals surface area contributed by atoms with Crippen LogP contribution in [-0.4, -0.2) is 35.7 Å². The molecule has 0 aromatic heterocycles. The Morgan fingerprint density at radius 2 is 2.06 bits per heavy atom. The number of rotatable bonds is 6.